The molecule has 0 aromatic heterocycles. The van der Waals surface area contributed by atoms with E-state index in [1.165, 1.54) is 19.3 Å². The van der Waals surface area contributed by atoms with Crippen molar-refractivity contribution in [2.75, 3.05) is 0 Å². The maximum Gasteiger partial charge on any atom is 0.0890 e. The summed E-state index contributed by atoms with van der Waals surface area (Å²) in [6, 6.07) is 2.61. The Bertz CT molecular complexity index is 389. The van der Waals surface area contributed by atoms with Crippen molar-refractivity contribution >= 4 is 0 Å². The molecule has 0 saturated heterocycles. The predicted molar refractivity (Wildman–Crippen MR) is 75.2 cm³/mol. The molecule has 3 aliphatic carbocycles. The number of rotatable bonds is 2. The molecule has 0 aliphatic heterocycles. The van der Waals surface area contributed by atoms with Gasteiger partial charge in [-0.1, -0.05) is 20.3 Å². The molecule has 106 valence electrons. The van der Waals surface area contributed by atoms with Crippen molar-refractivity contribution in [3.63, 3.8) is 0 Å². The normalized spacial score (nSPS) is 49.5. The van der Waals surface area contributed by atoms with Crippen molar-refractivity contribution in [3.8, 4) is 6.07 Å². The van der Waals surface area contributed by atoms with Crippen LogP contribution in [-0.4, -0.2) is 10.7 Å². The average molecular weight is 261 g/mol. The highest BCUT2D eigenvalue weighted by atomic mass is 16.3. The molecule has 3 fully saturated rings. The van der Waals surface area contributed by atoms with E-state index in [2.05, 4.69) is 19.9 Å². The minimum atomic E-state index is -0.688. The van der Waals surface area contributed by atoms with Gasteiger partial charge in [-0.05, 0) is 68.6 Å². The van der Waals surface area contributed by atoms with Gasteiger partial charge < -0.3 is 5.11 Å². The van der Waals surface area contributed by atoms with Crippen LogP contribution in [-0.2, 0) is 0 Å². The molecule has 3 rings (SSSR count). The molecule has 2 heteroatoms. The maximum atomic E-state index is 11.2. The van der Waals surface area contributed by atoms with Crippen LogP contribution in [0.25, 0.3) is 0 Å². The molecule has 0 aromatic carbocycles. The fourth-order valence-electron chi connectivity index (χ4n) is 5.37. The Morgan fingerprint density at radius 2 is 1.84 bits per heavy atom. The van der Waals surface area contributed by atoms with Crippen LogP contribution < -0.4 is 0 Å². The van der Waals surface area contributed by atoms with E-state index in [1.807, 2.05) is 0 Å². The standard InChI is InChI=1S/C17H27NO/c1-12(2)14-5-7-17(19,8-6-14)16(11-18)10-13-3-4-15(16)9-13/h12-15,19H,3-10H2,1-2H3. The molecule has 2 bridgehead atoms. The number of fused-ring (bicyclic) bond motifs is 2. The van der Waals surface area contributed by atoms with Gasteiger partial charge in [-0.3, -0.25) is 0 Å². The quantitative estimate of drug-likeness (QED) is 0.819. The van der Waals surface area contributed by atoms with E-state index in [-0.39, 0.29) is 0 Å². The molecule has 0 aromatic rings. The second-order valence-electron chi connectivity index (χ2n) is 7.78. The van der Waals surface area contributed by atoms with Crippen LogP contribution in [0.2, 0.25) is 0 Å². The van der Waals surface area contributed by atoms with E-state index in [1.54, 1.807) is 0 Å². The van der Waals surface area contributed by atoms with E-state index >= 15 is 0 Å². The van der Waals surface area contributed by atoms with Gasteiger partial charge in [0.2, 0.25) is 0 Å². The SMILES string of the molecule is CC(C)C1CCC(O)(C2(C#N)CC3CCC2C3)CC1. The second kappa shape index (κ2) is 4.48. The van der Waals surface area contributed by atoms with Crippen molar-refractivity contribution in [2.45, 2.75) is 70.8 Å². The van der Waals surface area contributed by atoms with Crippen LogP contribution in [0.1, 0.15) is 65.2 Å². The van der Waals surface area contributed by atoms with Crippen LogP contribution in [0.4, 0.5) is 0 Å². The second-order valence-corrected chi connectivity index (χ2v) is 7.78. The fourth-order valence-corrected chi connectivity index (χ4v) is 5.37. The molecular formula is C17H27NO. The summed E-state index contributed by atoms with van der Waals surface area (Å²) >= 11 is 0. The lowest BCUT2D eigenvalue weighted by Crippen LogP contribution is -2.52. The van der Waals surface area contributed by atoms with E-state index in [9.17, 15) is 10.4 Å². The highest BCUT2D eigenvalue weighted by Crippen LogP contribution is 2.63. The number of aliphatic hydroxyl groups is 1. The molecule has 3 atom stereocenters. The fraction of sp³-hybridized carbons (Fsp3) is 0.941. The first-order valence-corrected chi connectivity index (χ1v) is 8.14. The molecule has 3 aliphatic rings. The number of nitrogens with zero attached hydrogens (tertiary/aromatic N) is 1. The van der Waals surface area contributed by atoms with Crippen molar-refractivity contribution in [3.05, 3.63) is 0 Å². The summed E-state index contributed by atoms with van der Waals surface area (Å²) in [6.07, 6.45) is 8.55. The maximum absolute atomic E-state index is 11.2. The lowest BCUT2D eigenvalue weighted by atomic mass is 9.57. The van der Waals surface area contributed by atoms with Gasteiger partial charge in [0.1, 0.15) is 0 Å². The summed E-state index contributed by atoms with van der Waals surface area (Å²) in [5.74, 6) is 2.65. The Labute approximate surface area is 117 Å². The molecule has 1 N–H and O–H groups in total. The Hall–Kier alpha value is -0.550. The van der Waals surface area contributed by atoms with E-state index in [0.717, 1.165) is 43.9 Å². The van der Waals surface area contributed by atoms with Crippen LogP contribution in [0.5, 0.6) is 0 Å². The van der Waals surface area contributed by atoms with Crippen molar-refractivity contribution in [2.24, 2.45) is 29.1 Å². The van der Waals surface area contributed by atoms with Crippen LogP contribution in [0.3, 0.4) is 0 Å². The van der Waals surface area contributed by atoms with Gasteiger partial charge in [0, 0.05) is 0 Å². The summed E-state index contributed by atoms with van der Waals surface area (Å²) < 4.78 is 0. The molecule has 3 unspecified atom stereocenters. The molecule has 19 heavy (non-hydrogen) atoms. The van der Waals surface area contributed by atoms with Crippen molar-refractivity contribution < 1.29 is 5.11 Å². The van der Waals surface area contributed by atoms with Gasteiger partial charge in [0.05, 0.1) is 17.1 Å². The highest BCUT2D eigenvalue weighted by Gasteiger charge is 2.62. The van der Waals surface area contributed by atoms with Gasteiger partial charge in [0.25, 0.3) is 0 Å². The van der Waals surface area contributed by atoms with E-state index in [4.69, 9.17) is 0 Å². The molecule has 0 spiro atoms. The molecule has 3 saturated carbocycles. The Morgan fingerprint density at radius 1 is 1.16 bits per heavy atom. The van der Waals surface area contributed by atoms with Gasteiger partial charge in [0.15, 0.2) is 0 Å². The number of hydrogen-bond donors (Lipinski definition) is 1. The molecular weight excluding hydrogens is 234 g/mol. The Balaban J connectivity index is 1.80. The van der Waals surface area contributed by atoms with Gasteiger partial charge >= 0.3 is 0 Å². The molecule has 0 radical (unpaired) electrons. The number of nitriles is 1. The average Bonchev–Trinajstić information content (AvgIpc) is 3.00. The van der Waals surface area contributed by atoms with Crippen LogP contribution in [0.15, 0.2) is 0 Å². The van der Waals surface area contributed by atoms with Gasteiger partial charge in [-0.25, -0.2) is 0 Å². The summed E-state index contributed by atoms with van der Waals surface area (Å²) in [7, 11) is 0. The molecule has 0 amide bonds. The summed E-state index contributed by atoms with van der Waals surface area (Å²) in [5.41, 5.74) is -1.09. The third-order valence-corrected chi connectivity index (χ3v) is 6.68. The lowest BCUT2D eigenvalue weighted by molar-refractivity contribution is -0.115. The third kappa shape index (κ3) is 1.85. The molecule has 0 heterocycles. The minimum Gasteiger partial charge on any atom is -0.388 e. The first-order valence-electron chi connectivity index (χ1n) is 8.14. The Kier molecular flexibility index (Phi) is 3.17. The van der Waals surface area contributed by atoms with Crippen molar-refractivity contribution in [1.82, 2.24) is 0 Å². The zero-order valence-electron chi connectivity index (χ0n) is 12.4. The predicted octanol–water partition coefficient (Wildman–Crippen LogP) is 3.89. The van der Waals surface area contributed by atoms with Gasteiger partial charge in [-0.15, -0.1) is 0 Å². The third-order valence-electron chi connectivity index (χ3n) is 6.68. The Morgan fingerprint density at radius 3 is 2.26 bits per heavy atom. The summed E-state index contributed by atoms with van der Waals surface area (Å²) in [6.45, 7) is 4.57. The smallest absolute Gasteiger partial charge is 0.0890 e. The zero-order valence-corrected chi connectivity index (χ0v) is 12.4. The van der Waals surface area contributed by atoms with E-state index < -0.39 is 11.0 Å². The van der Waals surface area contributed by atoms with Crippen LogP contribution >= 0.6 is 0 Å². The first-order chi connectivity index (χ1) is 9.01. The monoisotopic (exact) mass is 261 g/mol. The lowest BCUT2D eigenvalue weighted by Gasteiger charge is -2.49. The summed E-state index contributed by atoms with van der Waals surface area (Å²) in [5, 5.41) is 21.0. The van der Waals surface area contributed by atoms with Crippen molar-refractivity contribution in [1.29, 1.82) is 5.26 Å². The minimum absolute atomic E-state index is 0.405. The van der Waals surface area contributed by atoms with Crippen LogP contribution in [0, 0.1) is 40.4 Å². The largest absolute Gasteiger partial charge is 0.388 e. The summed E-state index contributed by atoms with van der Waals surface area (Å²) in [4.78, 5) is 0. The number of hydrogen-bond acceptors (Lipinski definition) is 2. The van der Waals surface area contributed by atoms with Gasteiger partial charge in [-0.2, -0.15) is 5.26 Å². The highest BCUT2D eigenvalue weighted by molar-refractivity contribution is 5.20. The topological polar surface area (TPSA) is 44.0 Å². The van der Waals surface area contributed by atoms with E-state index in [0.29, 0.717) is 11.8 Å². The first kappa shape index (κ1) is 13.4. The molecule has 2 nitrogen and oxygen atoms in total. The zero-order chi connectivity index (χ0) is 13.7.